The zero-order chi connectivity index (χ0) is 14.7. The fourth-order valence-electron chi connectivity index (χ4n) is 1.89. The number of anilines is 1. The molecule has 0 bridgehead atoms. The predicted molar refractivity (Wildman–Crippen MR) is 78.1 cm³/mol. The van der Waals surface area contributed by atoms with Gasteiger partial charge in [-0.2, -0.15) is 0 Å². The second-order valence-corrected chi connectivity index (χ2v) is 5.40. The summed E-state index contributed by atoms with van der Waals surface area (Å²) in [4.78, 5) is -0.0252. The van der Waals surface area contributed by atoms with Crippen LogP contribution in [-0.2, 0) is 5.75 Å². The second kappa shape index (κ2) is 6.13. The molecule has 0 atom stereocenters. The van der Waals surface area contributed by atoms with Gasteiger partial charge in [-0.15, -0.1) is 11.8 Å². The van der Waals surface area contributed by atoms with Crippen LogP contribution in [0.3, 0.4) is 0 Å². The molecule has 0 amide bonds. The molecular weight excluding hydrogens is 280 g/mol. The van der Waals surface area contributed by atoms with Crippen molar-refractivity contribution < 1.29 is 13.5 Å². The third-order valence-electron chi connectivity index (χ3n) is 2.83. The number of aryl methyl sites for hydroxylation is 1. The second-order valence-electron chi connectivity index (χ2n) is 4.42. The highest BCUT2D eigenvalue weighted by molar-refractivity contribution is 7.98. The van der Waals surface area contributed by atoms with Crippen LogP contribution in [0.5, 0.6) is 5.75 Å². The lowest BCUT2D eigenvalue weighted by Crippen LogP contribution is -1.95. The molecule has 0 spiro atoms. The summed E-state index contributed by atoms with van der Waals surface area (Å²) in [6.07, 6.45) is 0. The van der Waals surface area contributed by atoms with Gasteiger partial charge in [0, 0.05) is 17.0 Å². The molecular formula is C15H15F2NOS. The smallest absolute Gasteiger partial charge is 0.141 e. The van der Waals surface area contributed by atoms with Crippen LogP contribution in [0.25, 0.3) is 0 Å². The normalized spacial score (nSPS) is 10.6. The van der Waals surface area contributed by atoms with Gasteiger partial charge in [-0.05, 0) is 25.1 Å². The first-order valence-electron chi connectivity index (χ1n) is 6.02. The molecule has 0 aliphatic carbocycles. The fraction of sp³-hybridized carbons (Fsp3) is 0.200. The monoisotopic (exact) mass is 295 g/mol. The Balaban J connectivity index is 2.23. The average Bonchev–Trinajstić information content (AvgIpc) is 2.37. The van der Waals surface area contributed by atoms with E-state index in [4.69, 9.17) is 10.5 Å². The topological polar surface area (TPSA) is 35.2 Å². The quantitative estimate of drug-likeness (QED) is 0.679. The van der Waals surface area contributed by atoms with Crippen LogP contribution in [0.2, 0.25) is 0 Å². The molecule has 2 rings (SSSR count). The minimum atomic E-state index is -0.640. The van der Waals surface area contributed by atoms with Gasteiger partial charge in [-0.25, -0.2) is 8.78 Å². The third-order valence-corrected chi connectivity index (χ3v) is 3.96. The van der Waals surface area contributed by atoms with E-state index in [0.29, 0.717) is 11.5 Å². The van der Waals surface area contributed by atoms with E-state index in [0.717, 1.165) is 35.0 Å². The standard InChI is InChI=1S/C15H15F2NOS/c1-9-3-4-14(19-2)10(5-9)8-20-15-12(16)6-11(18)7-13(15)17/h3-7H,8,18H2,1-2H3. The highest BCUT2D eigenvalue weighted by Crippen LogP contribution is 2.32. The number of thioether (sulfide) groups is 1. The number of hydrogen-bond acceptors (Lipinski definition) is 3. The lowest BCUT2D eigenvalue weighted by molar-refractivity contribution is 0.411. The Labute approximate surface area is 120 Å². The number of rotatable bonds is 4. The van der Waals surface area contributed by atoms with Crippen LogP contribution in [0.4, 0.5) is 14.5 Å². The number of methoxy groups -OCH3 is 1. The van der Waals surface area contributed by atoms with Gasteiger partial charge < -0.3 is 10.5 Å². The molecule has 2 aromatic carbocycles. The summed E-state index contributed by atoms with van der Waals surface area (Å²) < 4.78 is 32.7. The van der Waals surface area contributed by atoms with E-state index in [2.05, 4.69) is 0 Å². The summed E-state index contributed by atoms with van der Waals surface area (Å²) in [5, 5.41) is 0. The number of halogens is 2. The summed E-state index contributed by atoms with van der Waals surface area (Å²) >= 11 is 1.09. The zero-order valence-electron chi connectivity index (χ0n) is 11.2. The molecule has 106 valence electrons. The maximum atomic E-state index is 13.7. The largest absolute Gasteiger partial charge is 0.496 e. The van der Waals surface area contributed by atoms with Crippen molar-refractivity contribution in [3.8, 4) is 5.75 Å². The zero-order valence-corrected chi connectivity index (χ0v) is 12.1. The van der Waals surface area contributed by atoms with Crippen LogP contribution in [0, 0.1) is 18.6 Å². The third kappa shape index (κ3) is 3.22. The van der Waals surface area contributed by atoms with E-state index in [-0.39, 0.29) is 10.6 Å². The first-order chi connectivity index (χ1) is 9.51. The van der Waals surface area contributed by atoms with Gasteiger partial charge >= 0.3 is 0 Å². The van der Waals surface area contributed by atoms with Gasteiger partial charge in [0.15, 0.2) is 0 Å². The van der Waals surface area contributed by atoms with Gasteiger partial charge in [-0.1, -0.05) is 17.7 Å². The number of nitrogen functional groups attached to an aromatic ring is 1. The van der Waals surface area contributed by atoms with Crippen molar-refractivity contribution in [1.29, 1.82) is 0 Å². The number of ether oxygens (including phenoxy) is 1. The summed E-state index contributed by atoms with van der Waals surface area (Å²) in [5.41, 5.74) is 7.44. The molecule has 0 fully saturated rings. The molecule has 2 aromatic rings. The molecule has 5 heteroatoms. The van der Waals surface area contributed by atoms with Gasteiger partial charge in [-0.3, -0.25) is 0 Å². The predicted octanol–water partition coefficient (Wildman–Crippen LogP) is 4.16. The van der Waals surface area contributed by atoms with Crippen molar-refractivity contribution in [2.75, 3.05) is 12.8 Å². The number of benzene rings is 2. The van der Waals surface area contributed by atoms with Crippen molar-refractivity contribution in [3.05, 3.63) is 53.1 Å². The van der Waals surface area contributed by atoms with Crippen molar-refractivity contribution in [1.82, 2.24) is 0 Å². The Morgan fingerprint density at radius 1 is 1.15 bits per heavy atom. The maximum absolute atomic E-state index is 13.7. The minimum Gasteiger partial charge on any atom is -0.496 e. The van der Waals surface area contributed by atoms with Gasteiger partial charge in [0.2, 0.25) is 0 Å². The summed E-state index contributed by atoms with van der Waals surface area (Å²) in [6, 6.07) is 7.97. The molecule has 0 saturated heterocycles. The van der Waals surface area contributed by atoms with Crippen molar-refractivity contribution in [3.63, 3.8) is 0 Å². The molecule has 2 nitrogen and oxygen atoms in total. The molecule has 0 aliphatic heterocycles. The lowest BCUT2D eigenvalue weighted by Gasteiger charge is -2.10. The molecule has 0 aliphatic rings. The van der Waals surface area contributed by atoms with Gasteiger partial charge in [0.05, 0.1) is 12.0 Å². The van der Waals surface area contributed by atoms with Crippen molar-refractivity contribution in [2.24, 2.45) is 0 Å². The Morgan fingerprint density at radius 2 is 1.80 bits per heavy atom. The van der Waals surface area contributed by atoms with Gasteiger partial charge in [0.25, 0.3) is 0 Å². The molecule has 0 unspecified atom stereocenters. The van der Waals surface area contributed by atoms with Crippen LogP contribution >= 0.6 is 11.8 Å². The summed E-state index contributed by atoms with van der Waals surface area (Å²) in [7, 11) is 1.57. The highest BCUT2D eigenvalue weighted by atomic mass is 32.2. The van der Waals surface area contributed by atoms with Crippen LogP contribution in [-0.4, -0.2) is 7.11 Å². The Hall–Kier alpha value is -1.75. The Morgan fingerprint density at radius 3 is 2.40 bits per heavy atom. The van der Waals surface area contributed by atoms with Crippen LogP contribution in [0.1, 0.15) is 11.1 Å². The first kappa shape index (κ1) is 14.7. The van der Waals surface area contributed by atoms with E-state index in [1.807, 2.05) is 25.1 Å². The molecule has 0 saturated carbocycles. The summed E-state index contributed by atoms with van der Waals surface area (Å²) in [6.45, 7) is 1.96. The molecule has 0 aromatic heterocycles. The van der Waals surface area contributed by atoms with Gasteiger partial charge in [0.1, 0.15) is 17.4 Å². The molecule has 20 heavy (non-hydrogen) atoms. The number of nitrogens with two attached hydrogens (primary N) is 1. The Bertz CT molecular complexity index is 608. The average molecular weight is 295 g/mol. The minimum absolute atomic E-state index is 0.0252. The Kier molecular flexibility index (Phi) is 4.49. The van der Waals surface area contributed by atoms with E-state index in [9.17, 15) is 8.78 Å². The molecule has 2 N–H and O–H groups in total. The van der Waals surface area contributed by atoms with E-state index >= 15 is 0 Å². The number of hydrogen-bond donors (Lipinski definition) is 1. The fourth-order valence-corrected chi connectivity index (χ4v) is 2.81. The first-order valence-corrected chi connectivity index (χ1v) is 7.00. The van der Waals surface area contributed by atoms with E-state index in [1.54, 1.807) is 7.11 Å². The SMILES string of the molecule is COc1ccc(C)cc1CSc1c(F)cc(N)cc1F. The van der Waals surface area contributed by atoms with Crippen LogP contribution < -0.4 is 10.5 Å². The summed E-state index contributed by atoms with van der Waals surface area (Å²) in [5.74, 6) is -0.152. The molecule has 0 radical (unpaired) electrons. The van der Waals surface area contributed by atoms with Crippen LogP contribution in [0.15, 0.2) is 35.2 Å². The van der Waals surface area contributed by atoms with Crippen molar-refractivity contribution >= 4 is 17.4 Å². The lowest BCUT2D eigenvalue weighted by atomic mass is 10.1. The van der Waals surface area contributed by atoms with Crippen molar-refractivity contribution in [2.45, 2.75) is 17.6 Å². The maximum Gasteiger partial charge on any atom is 0.141 e. The van der Waals surface area contributed by atoms with E-state index < -0.39 is 11.6 Å². The highest BCUT2D eigenvalue weighted by Gasteiger charge is 2.12. The van der Waals surface area contributed by atoms with E-state index in [1.165, 1.54) is 0 Å². The molecule has 0 heterocycles.